The lowest BCUT2D eigenvalue weighted by Gasteiger charge is -2.20. The van der Waals surface area contributed by atoms with Gasteiger partial charge in [-0.3, -0.25) is 9.59 Å². The van der Waals surface area contributed by atoms with E-state index < -0.39 is 5.92 Å². The molecule has 0 aromatic heterocycles. The van der Waals surface area contributed by atoms with Crippen LogP contribution in [0.15, 0.2) is 42.5 Å². The Kier molecular flexibility index (Phi) is 5.32. The molecule has 3 rings (SSSR count). The maximum atomic E-state index is 12.5. The highest BCUT2D eigenvalue weighted by atomic mass is 35.5. The number of nitrogens with zero attached hydrogens (tertiary/aromatic N) is 1. The van der Waals surface area contributed by atoms with E-state index in [-0.39, 0.29) is 24.8 Å². The van der Waals surface area contributed by atoms with E-state index in [0.717, 1.165) is 0 Å². The van der Waals surface area contributed by atoms with E-state index in [1.54, 1.807) is 54.5 Å². The largest absolute Gasteiger partial charge is 0.497 e. The summed E-state index contributed by atoms with van der Waals surface area (Å²) >= 11 is 6.05. The van der Waals surface area contributed by atoms with E-state index in [1.807, 2.05) is 0 Å². The Labute approximate surface area is 156 Å². The van der Waals surface area contributed by atoms with Gasteiger partial charge in [0.2, 0.25) is 11.8 Å². The Balaban J connectivity index is 1.72. The van der Waals surface area contributed by atoms with Crippen molar-refractivity contribution in [2.45, 2.75) is 6.42 Å². The summed E-state index contributed by atoms with van der Waals surface area (Å²) in [5.41, 5.74) is 1.23. The third kappa shape index (κ3) is 3.75. The summed E-state index contributed by atoms with van der Waals surface area (Å²) in [6.07, 6.45) is 0.137. The van der Waals surface area contributed by atoms with Gasteiger partial charge in [-0.1, -0.05) is 11.6 Å². The van der Waals surface area contributed by atoms with Crippen LogP contribution in [0.5, 0.6) is 11.5 Å². The second-order valence-electron chi connectivity index (χ2n) is 5.94. The van der Waals surface area contributed by atoms with Crippen molar-refractivity contribution < 1.29 is 19.1 Å². The number of carbonyl (C=O) groups excluding carboxylic acids is 2. The molecule has 6 nitrogen and oxygen atoms in total. The minimum atomic E-state index is -0.451. The molecule has 0 saturated carbocycles. The second-order valence-corrected chi connectivity index (χ2v) is 6.38. The molecule has 2 aromatic carbocycles. The van der Waals surface area contributed by atoms with E-state index in [0.29, 0.717) is 27.9 Å². The molecule has 1 heterocycles. The zero-order valence-corrected chi connectivity index (χ0v) is 15.2. The number of benzene rings is 2. The number of carbonyl (C=O) groups is 2. The summed E-state index contributed by atoms with van der Waals surface area (Å²) in [5, 5.41) is 3.34. The fourth-order valence-corrected chi connectivity index (χ4v) is 3.08. The molecule has 1 fully saturated rings. The van der Waals surface area contributed by atoms with Crippen LogP contribution in [-0.4, -0.2) is 32.6 Å². The van der Waals surface area contributed by atoms with Gasteiger partial charge in [0.1, 0.15) is 11.5 Å². The topological polar surface area (TPSA) is 67.9 Å². The van der Waals surface area contributed by atoms with Gasteiger partial charge in [0, 0.05) is 23.7 Å². The first-order chi connectivity index (χ1) is 12.5. The zero-order chi connectivity index (χ0) is 18.7. The molecule has 1 aliphatic heterocycles. The average molecular weight is 375 g/mol. The molecule has 2 aromatic rings. The van der Waals surface area contributed by atoms with Crippen LogP contribution >= 0.6 is 11.6 Å². The maximum absolute atomic E-state index is 12.5. The predicted molar refractivity (Wildman–Crippen MR) is 100 cm³/mol. The lowest BCUT2D eigenvalue weighted by atomic mass is 10.1. The first-order valence-corrected chi connectivity index (χ1v) is 8.48. The number of hydrogen-bond acceptors (Lipinski definition) is 4. The fraction of sp³-hybridized carbons (Fsp3) is 0.263. The number of amides is 2. The molecule has 0 radical (unpaired) electrons. The zero-order valence-electron chi connectivity index (χ0n) is 14.5. The van der Waals surface area contributed by atoms with Crippen molar-refractivity contribution >= 4 is 34.8 Å². The van der Waals surface area contributed by atoms with Gasteiger partial charge in [0.15, 0.2) is 0 Å². The summed E-state index contributed by atoms with van der Waals surface area (Å²) < 4.78 is 10.4. The molecule has 0 bridgehead atoms. The molecule has 0 unspecified atom stereocenters. The smallest absolute Gasteiger partial charge is 0.229 e. The third-order valence-corrected chi connectivity index (χ3v) is 4.52. The minimum Gasteiger partial charge on any atom is -0.497 e. The van der Waals surface area contributed by atoms with Crippen LogP contribution in [0.3, 0.4) is 0 Å². The molecule has 1 atom stereocenters. The Morgan fingerprint density at radius 2 is 1.88 bits per heavy atom. The van der Waals surface area contributed by atoms with E-state index in [1.165, 1.54) is 7.11 Å². The molecule has 26 heavy (non-hydrogen) atoms. The van der Waals surface area contributed by atoms with Crippen molar-refractivity contribution in [3.63, 3.8) is 0 Å². The molecule has 0 spiro atoms. The van der Waals surface area contributed by atoms with Crippen LogP contribution in [-0.2, 0) is 9.59 Å². The van der Waals surface area contributed by atoms with Gasteiger partial charge in [-0.05, 0) is 42.5 Å². The van der Waals surface area contributed by atoms with E-state index in [2.05, 4.69) is 5.32 Å². The molecule has 1 aliphatic rings. The predicted octanol–water partition coefficient (Wildman–Crippen LogP) is 3.35. The van der Waals surface area contributed by atoms with Gasteiger partial charge >= 0.3 is 0 Å². The van der Waals surface area contributed by atoms with E-state index >= 15 is 0 Å². The van der Waals surface area contributed by atoms with Gasteiger partial charge in [-0.25, -0.2) is 0 Å². The summed E-state index contributed by atoms with van der Waals surface area (Å²) in [6.45, 7) is 0.275. The molecular weight excluding hydrogens is 356 g/mol. The van der Waals surface area contributed by atoms with Crippen molar-refractivity contribution in [1.82, 2.24) is 0 Å². The average Bonchev–Trinajstić information content (AvgIpc) is 3.04. The van der Waals surface area contributed by atoms with Gasteiger partial charge in [-0.2, -0.15) is 0 Å². The molecule has 1 N–H and O–H groups in total. The van der Waals surface area contributed by atoms with Gasteiger partial charge < -0.3 is 19.7 Å². The third-order valence-electron chi connectivity index (χ3n) is 4.29. The normalized spacial score (nSPS) is 16.5. The molecule has 136 valence electrons. The summed E-state index contributed by atoms with van der Waals surface area (Å²) in [4.78, 5) is 26.5. The van der Waals surface area contributed by atoms with E-state index in [9.17, 15) is 9.59 Å². The van der Waals surface area contributed by atoms with Crippen LogP contribution in [0.1, 0.15) is 6.42 Å². The highest BCUT2D eigenvalue weighted by Crippen LogP contribution is 2.35. The Morgan fingerprint density at radius 1 is 1.15 bits per heavy atom. The lowest BCUT2D eigenvalue weighted by molar-refractivity contribution is -0.122. The highest BCUT2D eigenvalue weighted by molar-refractivity contribution is 6.31. The molecule has 2 amide bonds. The van der Waals surface area contributed by atoms with Crippen molar-refractivity contribution in [2.75, 3.05) is 31.0 Å². The number of nitrogens with one attached hydrogen (secondary N) is 1. The number of ether oxygens (including phenoxy) is 2. The molecule has 0 aliphatic carbocycles. The van der Waals surface area contributed by atoms with Crippen molar-refractivity contribution in [1.29, 1.82) is 0 Å². The van der Waals surface area contributed by atoms with Crippen molar-refractivity contribution in [3.8, 4) is 11.5 Å². The Morgan fingerprint density at radius 3 is 2.54 bits per heavy atom. The van der Waals surface area contributed by atoms with Crippen molar-refractivity contribution in [2.24, 2.45) is 5.92 Å². The SMILES string of the molecule is COc1ccc(NC(=O)[C@H]2CC(=O)N(c3cc(Cl)ccc3OC)C2)cc1. The molecule has 1 saturated heterocycles. The Hall–Kier alpha value is -2.73. The van der Waals surface area contributed by atoms with Crippen LogP contribution in [0.2, 0.25) is 5.02 Å². The Bertz CT molecular complexity index is 823. The number of hydrogen-bond donors (Lipinski definition) is 1. The fourth-order valence-electron chi connectivity index (χ4n) is 2.91. The lowest BCUT2D eigenvalue weighted by Crippen LogP contribution is -2.28. The minimum absolute atomic E-state index is 0.137. The number of methoxy groups -OCH3 is 2. The van der Waals surface area contributed by atoms with Crippen LogP contribution in [0.4, 0.5) is 11.4 Å². The summed E-state index contributed by atoms with van der Waals surface area (Å²) in [6, 6.07) is 12.1. The van der Waals surface area contributed by atoms with Crippen LogP contribution < -0.4 is 19.7 Å². The van der Waals surface area contributed by atoms with Gasteiger partial charge in [-0.15, -0.1) is 0 Å². The standard InChI is InChI=1S/C19H19ClN2O4/c1-25-15-6-4-14(5-7-15)21-19(24)12-9-18(23)22(11-12)16-10-13(20)3-8-17(16)26-2/h3-8,10,12H,9,11H2,1-2H3,(H,21,24)/t12-/m0/s1. The molecule has 7 heteroatoms. The number of anilines is 2. The second kappa shape index (κ2) is 7.66. The van der Waals surface area contributed by atoms with Crippen LogP contribution in [0.25, 0.3) is 0 Å². The number of rotatable bonds is 5. The van der Waals surface area contributed by atoms with Gasteiger partial charge in [0.05, 0.1) is 25.8 Å². The van der Waals surface area contributed by atoms with Gasteiger partial charge in [0.25, 0.3) is 0 Å². The first-order valence-electron chi connectivity index (χ1n) is 8.10. The van der Waals surface area contributed by atoms with E-state index in [4.69, 9.17) is 21.1 Å². The maximum Gasteiger partial charge on any atom is 0.229 e. The monoisotopic (exact) mass is 374 g/mol. The van der Waals surface area contributed by atoms with Crippen molar-refractivity contribution in [3.05, 3.63) is 47.5 Å². The summed E-state index contributed by atoms with van der Waals surface area (Å²) in [7, 11) is 3.11. The summed E-state index contributed by atoms with van der Waals surface area (Å²) in [5.74, 6) is 0.456. The van der Waals surface area contributed by atoms with Crippen LogP contribution in [0, 0.1) is 5.92 Å². The quantitative estimate of drug-likeness (QED) is 0.871. The molecular formula is C19H19ClN2O4. The highest BCUT2D eigenvalue weighted by Gasteiger charge is 2.36. The first kappa shape index (κ1) is 18.1. The number of halogens is 1.